The van der Waals surface area contributed by atoms with Gasteiger partial charge < -0.3 is 4.57 Å². The SMILES string of the molecule is C#CCc1ccn(C)c1. The molecule has 0 aliphatic heterocycles. The molecule has 0 radical (unpaired) electrons. The van der Waals surface area contributed by atoms with E-state index in [4.69, 9.17) is 6.42 Å². The Morgan fingerprint density at radius 3 is 3.00 bits per heavy atom. The van der Waals surface area contributed by atoms with Gasteiger partial charge in [0.05, 0.1) is 0 Å². The molecule has 1 nitrogen and oxygen atoms in total. The van der Waals surface area contributed by atoms with Crippen molar-refractivity contribution in [2.24, 2.45) is 7.05 Å². The van der Waals surface area contributed by atoms with E-state index in [0.29, 0.717) is 0 Å². The van der Waals surface area contributed by atoms with Crippen LogP contribution in [-0.2, 0) is 13.5 Å². The van der Waals surface area contributed by atoms with Gasteiger partial charge in [-0.15, -0.1) is 12.3 Å². The Balaban J connectivity index is 2.76. The van der Waals surface area contributed by atoms with Crippen LogP contribution in [0, 0.1) is 12.3 Å². The average molecular weight is 119 g/mol. The molecular formula is C8H9N. The molecule has 0 fully saturated rings. The van der Waals surface area contributed by atoms with Gasteiger partial charge in [-0.25, -0.2) is 0 Å². The third kappa shape index (κ3) is 1.36. The van der Waals surface area contributed by atoms with E-state index in [-0.39, 0.29) is 0 Å². The molecule has 0 aliphatic carbocycles. The van der Waals surface area contributed by atoms with E-state index in [1.165, 1.54) is 5.56 Å². The van der Waals surface area contributed by atoms with E-state index in [1.807, 2.05) is 30.1 Å². The maximum Gasteiger partial charge on any atom is 0.0352 e. The number of rotatable bonds is 1. The van der Waals surface area contributed by atoms with Crippen LogP contribution < -0.4 is 0 Å². The number of aryl methyl sites for hydroxylation is 1. The summed E-state index contributed by atoms with van der Waals surface area (Å²) in [7, 11) is 1.99. The molecule has 0 unspecified atom stereocenters. The molecular weight excluding hydrogens is 110 g/mol. The minimum absolute atomic E-state index is 0.737. The third-order valence-electron chi connectivity index (χ3n) is 1.20. The van der Waals surface area contributed by atoms with Crippen molar-refractivity contribution in [2.75, 3.05) is 0 Å². The minimum atomic E-state index is 0.737. The predicted octanol–water partition coefficient (Wildman–Crippen LogP) is 1.20. The van der Waals surface area contributed by atoms with Gasteiger partial charge in [-0.3, -0.25) is 0 Å². The van der Waals surface area contributed by atoms with Gasteiger partial charge in [-0.1, -0.05) is 0 Å². The fraction of sp³-hybridized carbons (Fsp3) is 0.250. The van der Waals surface area contributed by atoms with E-state index in [1.54, 1.807) is 0 Å². The zero-order chi connectivity index (χ0) is 6.69. The normalized spacial score (nSPS) is 8.89. The Bertz CT molecular complexity index is 227. The van der Waals surface area contributed by atoms with Gasteiger partial charge in [0.2, 0.25) is 0 Å². The van der Waals surface area contributed by atoms with Crippen LogP contribution in [0.4, 0.5) is 0 Å². The second-order valence-electron chi connectivity index (χ2n) is 2.07. The first kappa shape index (κ1) is 5.97. The summed E-state index contributed by atoms with van der Waals surface area (Å²) in [5.74, 6) is 2.58. The molecule has 1 aromatic rings. The van der Waals surface area contributed by atoms with Crippen LogP contribution in [0.15, 0.2) is 18.5 Å². The van der Waals surface area contributed by atoms with Crippen LogP contribution in [-0.4, -0.2) is 4.57 Å². The topological polar surface area (TPSA) is 4.93 Å². The molecule has 1 heteroatoms. The number of aromatic nitrogens is 1. The van der Waals surface area contributed by atoms with Gasteiger partial charge >= 0.3 is 0 Å². The van der Waals surface area contributed by atoms with E-state index >= 15 is 0 Å². The van der Waals surface area contributed by atoms with Gasteiger partial charge in [0.1, 0.15) is 0 Å². The Hall–Kier alpha value is -1.16. The number of terminal acetylenes is 1. The maximum atomic E-state index is 5.11. The molecule has 0 N–H and O–H groups in total. The van der Waals surface area contributed by atoms with Crippen molar-refractivity contribution in [3.05, 3.63) is 24.0 Å². The molecule has 0 saturated carbocycles. The zero-order valence-corrected chi connectivity index (χ0v) is 5.46. The molecule has 0 amide bonds. The van der Waals surface area contributed by atoms with Crippen LogP contribution in [0.2, 0.25) is 0 Å². The van der Waals surface area contributed by atoms with Gasteiger partial charge in [0.25, 0.3) is 0 Å². The third-order valence-corrected chi connectivity index (χ3v) is 1.20. The van der Waals surface area contributed by atoms with E-state index in [9.17, 15) is 0 Å². The van der Waals surface area contributed by atoms with Crippen molar-refractivity contribution in [1.82, 2.24) is 4.57 Å². The van der Waals surface area contributed by atoms with Gasteiger partial charge in [0.15, 0.2) is 0 Å². The van der Waals surface area contributed by atoms with Crippen LogP contribution in [0.3, 0.4) is 0 Å². The lowest BCUT2D eigenvalue weighted by atomic mass is 10.3. The second-order valence-corrected chi connectivity index (χ2v) is 2.07. The molecule has 1 heterocycles. The highest BCUT2D eigenvalue weighted by Crippen LogP contribution is 1.98. The number of hydrogen-bond donors (Lipinski definition) is 0. The zero-order valence-electron chi connectivity index (χ0n) is 5.46. The van der Waals surface area contributed by atoms with Crippen LogP contribution in [0.25, 0.3) is 0 Å². The summed E-state index contributed by atoms with van der Waals surface area (Å²) < 4.78 is 1.99. The number of nitrogens with zero attached hydrogens (tertiary/aromatic N) is 1. The van der Waals surface area contributed by atoms with E-state index in [0.717, 1.165) is 6.42 Å². The Labute approximate surface area is 55.3 Å². The lowest BCUT2D eigenvalue weighted by molar-refractivity contribution is 0.923. The first-order chi connectivity index (χ1) is 4.33. The van der Waals surface area contributed by atoms with E-state index in [2.05, 4.69) is 5.92 Å². The summed E-state index contributed by atoms with van der Waals surface area (Å²) in [6, 6.07) is 2.03. The Morgan fingerprint density at radius 2 is 2.56 bits per heavy atom. The molecule has 0 aromatic carbocycles. The molecule has 0 saturated heterocycles. The quantitative estimate of drug-likeness (QED) is 0.489. The predicted molar refractivity (Wildman–Crippen MR) is 38.0 cm³/mol. The van der Waals surface area contributed by atoms with E-state index < -0.39 is 0 Å². The summed E-state index contributed by atoms with van der Waals surface area (Å²) in [6.07, 6.45) is 9.87. The van der Waals surface area contributed by atoms with Crippen molar-refractivity contribution in [3.8, 4) is 12.3 Å². The minimum Gasteiger partial charge on any atom is -0.357 e. The van der Waals surface area contributed by atoms with Crippen molar-refractivity contribution >= 4 is 0 Å². The highest BCUT2D eigenvalue weighted by Gasteiger charge is 1.88. The van der Waals surface area contributed by atoms with Crippen molar-refractivity contribution in [2.45, 2.75) is 6.42 Å². The van der Waals surface area contributed by atoms with Crippen LogP contribution in [0.5, 0.6) is 0 Å². The molecule has 9 heavy (non-hydrogen) atoms. The molecule has 0 bridgehead atoms. The maximum absolute atomic E-state index is 5.11. The second kappa shape index (κ2) is 2.41. The lowest BCUT2D eigenvalue weighted by Gasteiger charge is -1.84. The fourth-order valence-corrected chi connectivity index (χ4v) is 0.783. The Kier molecular flexibility index (Phi) is 1.60. The summed E-state index contributed by atoms with van der Waals surface area (Å²) in [4.78, 5) is 0. The largest absolute Gasteiger partial charge is 0.357 e. The molecule has 0 spiro atoms. The smallest absolute Gasteiger partial charge is 0.0352 e. The number of hydrogen-bond acceptors (Lipinski definition) is 0. The van der Waals surface area contributed by atoms with Crippen LogP contribution in [0.1, 0.15) is 5.56 Å². The van der Waals surface area contributed by atoms with Crippen LogP contribution >= 0.6 is 0 Å². The molecule has 1 rings (SSSR count). The monoisotopic (exact) mass is 119 g/mol. The van der Waals surface area contributed by atoms with Crippen molar-refractivity contribution < 1.29 is 0 Å². The fourth-order valence-electron chi connectivity index (χ4n) is 0.783. The van der Waals surface area contributed by atoms with Gasteiger partial charge in [-0.2, -0.15) is 0 Å². The lowest BCUT2D eigenvalue weighted by Crippen LogP contribution is -1.79. The highest BCUT2D eigenvalue weighted by atomic mass is 14.9. The summed E-state index contributed by atoms with van der Waals surface area (Å²) in [6.45, 7) is 0. The molecule has 0 atom stereocenters. The first-order valence-electron chi connectivity index (χ1n) is 2.87. The van der Waals surface area contributed by atoms with Gasteiger partial charge in [0, 0.05) is 25.9 Å². The molecule has 0 aliphatic rings. The first-order valence-corrected chi connectivity index (χ1v) is 2.87. The average Bonchev–Trinajstić information content (AvgIpc) is 2.17. The summed E-state index contributed by atoms with van der Waals surface area (Å²) in [5, 5.41) is 0. The van der Waals surface area contributed by atoms with Crippen molar-refractivity contribution in [3.63, 3.8) is 0 Å². The van der Waals surface area contributed by atoms with Gasteiger partial charge in [-0.05, 0) is 11.6 Å². The molecule has 1 aromatic heterocycles. The van der Waals surface area contributed by atoms with Crippen molar-refractivity contribution in [1.29, 1.82) is 0 Å². The molecule has 46 valence electrons. The summed E-state index contributed by atoms with van der Waals surface area (Å²) in [5.41, 5.74) is 1.21. The highest BCUT2D eigenvalue weighted by molar-refractivity contribution is 5.15. The summed E-state index contributed by atoms with van der Waals surface area (Å²) >= 11 is 0. The standard InChI is InChI=1S/C8H9N/c1-3-4-8-5-6-9(2)7-8/h1,5-7H,4H2,2H3. The Morgan fingerprint density at radius 1 is 1.78 bits per heavy atom.